The second-order valence-electron chi connectivity index (χ2n) is 9.65. The molecule has 0 radical (unpaired) electrons. The van der Waals surface area contributed by atoms with Crippen LogP contribution in [0.3, 0.4) is 0 Å². The molecule has 0 bridgehead atoms. The summed E-state index contributed by atoms with van der Waals surface area (Å²) < 4.78 is 2.05. The number of imidazole rings is 1. The number of hydrogen-bond acceptors (Lipinski definition) is 4. The van der Waals surface area contributed by atoms with Gasteiger partial charge in [-0.05, 0) is 51.0 Å². The van der Waals surface area contributed by atoms with E-state index in [1.807, 2.05) is 64.5 Å². The van der Waals surface area contributed by atoms with Crippen molar-refractivity contribution in [3.05, 3.63) is 71.8 Å². The van der Waals surface area contributed by atoms with Crippen molar-refractivity contribution in [3.63, 3.8) is 0 Å². The fourth-order valence-electron chi connectivity index (χ4n) is 5.23. The van der Waals surface area contributed by atoms with Crippen LogP contribution < -0.4 is 0 Å². The highest BCUT2D eigenvalue weighted by Gasteiger charge is 2.31. The van der Waals surface area contributed by atoms with Crippen molar-refractivity contribution < 1.29 is 9.59 Å². The topological polar surface area (TPSA) is 61.2 Å². The molecule has 2 amide bonds. The van der Waals surface area contributed by atoms with Gasteiger partial charge in [-0.15, -0.1) is 0 Å². The van der Waals surface area contributed by atoms with E-state index in [9.17, 15) is 9.59 Å². The van der Waals surface area contributed by atoms with Crippen LogP contribution in [0, 0.1) is 0 Å². The van der Waals surface area contributed by atoms with Crippen molar-refractivity contribution in [1.29, 1.82) is 0 Å². The van der Waals surface area contributed by atoms with Gasteiger partial charge in [0.1, 0.15) is 5.82 Å². The number of piperidine rings is 1. The van der Waals surface area contributed by atoms with Crippen molar-refractivity contribution in [2.75, 3.05) is 39.3 Å². The highest BCUT2D eigenvalue weighted by Crippen LogP contribution is 2.29. The molecule has 1 aromatic carbocycles. The lowest BCUT2D eigenvalue weighted by molar-refractivity contribution is 0.0591. The van der Waals surface area contributed by atoms with Crippen LogP contribution in [0.5, 0.6) is 0 Å². The van der Waals surface area contributed by atoms with Crippen LogP contribution in [-0.2, 0) is 0 Å². The second kappa shape index (κ2) is 9.58. The first kappa shape index (κ1) is 22.6. The molecule has 5 rings (SSSR count). The normalized spacial score (nSPS) is 19.7. The van der Waals surface area contributed by atoms with Crippen molar-refractivity contribution >= 4 is 17.3 Å². The molecule has 2 aromatic heterocycles. The van der Waals surface area contributed by atoms with E-state index < -0.39 is 0 Å². The predicted octanol–water partition coefficient (Wildman–Crippen LogP) is 3.52. The third kappa shape index (κ3) is 4.32. The zero-order valence-electron chi connectivity index (χ0n) is 20.1. The van der Waals surface area contributed by atoms with Gasteiger partial charge in [-0.1, -0.05) is 24.3 Å². The Bertz CT molecular complexity index is 1160. The number of amides is 2. The summed E-state index contributed by atoms with van der Waals surface area (Å²) in [4.78, 5) is 37.8. The van der Waals surface area contributed by atoms with E-state index in [-0.39, 0.29) is 17.7 Å². The van der Waals surface area contributed by atoms with Crippen LogP contribution in [0.2, 0.25) is 0 Å². The van der Waals surface area contributed by atoms with Crippen LogP contribution in [0.15, 0.2) is 54.7 Å². The van der Waals surface area contributed by atoms with E-state index >= 15 is 0 Å². The molecule has 2 fully saturated rings. The van der Waals surface area contributed by atoms with Crippen LogP contribution in [-0.4, -0.2) is 81.2 Å². The molecule has 2 aliphatic rings. The maximum Gasteiger partial charge on any atom is 0.274 e. The largest absolute Gasteiger partial charge is 0.338 e. The summed E-state index contributed by atoms with van der Waals surface area (Å²) in [7, 11) is 0. The molecule has 34 heavy (non-hydrogen) atoms. The quantitative estimate of drug-likeness (QED) is 0.599. The highest BCUT2D eigenvalue weighted by atomic mass is 16.2. The van der Waals surface area contributed by atoms with Crippen molar-refractivity contribution in [2.45, 2.75) is 38.6 Å². The Kier molecular flexibility index (Phi) is 6.37. The third-order valence-electron chi connectivity index (χ3n) is 7.20. The number of hydrogen-bond donors (Lipinski definition) is 0. The maximum atomic E-state index is 13.5. The predicted molar refractivity (Wildman–Crippen MR) is 132 cm³/mol. The number of carbonyl (C=O) groups excluding carboxylic acids is 2. The number of piperazine rings is 1. The van der Waals surface area contributed by atoms with E-state index in [0.717, 1.165) is 56.9 Å². The molecule has 0 N–H and O–H groups in total. The molecule has 1 atom stereocenters. The van der Waals surface area contributed by atoms with Gasteiger partial charge in [-0.25, -0.2) is 4.98 Å². The summed E-state index contributed by atoms with van der Waals surface area (Å²) in [5.41, 5.74) is 2.09. The first-order valence-corrected chi connectivity index (χ1v) is 12.4. The van der Waals surface area contributed by atoms with Gasteiger partial charge in [0.25, 0.3) is 11.8 Å². The monoisotopic (exact) mass is 459 g/mol. The zero-order valence-corrected chi connectivity index (χ0v) is 20.1. The van der Waals surface area contributed by atoms with E-state index in [1.54, 1.807) is 0 Å². The summed E-state index contributed by atoms with van der Waals surface area (Å²) in [6, 6.07) is 15.9. The molecule has 7 nitrogen and oxygen atoms in total. The molecule has 4 heterocycles. The summed E-state index contributed by atoms with van der Waals surface area (Å²) in [5.74, 6) is 1.04. The maximum absolute atomic E-state index is 13.5. The van der Waals surface area contributed by atoms with E-state index in [4.69, 9.17) is 4.98 Å². The SMILES string of the molecule is CC(C)N1CCN(C(=O)c2nc([C@H]3CCCN(C(=O)c4ccccc4)C3)n3ccccc23)CC1. The molecular formula is C27H33N5O2. The molecular weight excluding hydrogens is 426 g/mol. The van der Waals surface area contributed by atoms with Crippen LogP contribution >= 0.6 is 0 Å². The van der Waals surface area contributed by atoms with Gasteiger partial charge in [0.2, 0.25) is 0 Å². The highest BCUT2D eigenvalue weighted by molar-refractivity contribution is 5.99. The average molecular weight is 460 g/mol. The molecule has 0 unspecified atom stereocenters. The van der Waals surface area contributed by atoms with Gasteiger partial charge < -0.3 is 14.2 Å². The summed E-state index contributed by atoms with van der Waals surface area (Å²) >= 11 is 0. The Morgan fingerprint density at radius 3 is 2.35 bits per heavy atom. The van der Waals surface area contributed by atoms with Crippen LogP contribution in [0.4, 0.5) is 0 Å². The standard InChI is InChI=1S/C27H33N5O2/c1-20(2)29-15-17-30(18-16-29)27(34)24-23-12-6-7-14-32(23)25(28-24)22-11-8-13-31(19-22)26(33)21-9-4-3-5-10-21/h3-7,9-10,12,14,20,22H,8,11,13,15-19H2,1-2H3/t22-/m0/s1. The molecule has 0 aliphatic carbocycles. The second-order valence-corrected chi connectivity index (χ2v) is 9.65. The minimum Gasteiger partial charge on any atom is -0.338 e. The Hall–Kier alpha value is -3.19. The lowest BCUT2D eigenvalue weighted by atomic mass is 9.96. The minimum absolute atomic E-state index is 0.00591. The fourth-order valence-corrected chi connectivity index (χ4v) is 5.23. The third-order valence-corrected chi connectivity index (χ3v) is 7.20. The summed E-state index contributed by atoms with van der Waals surface area (Å²) in [6.45, 7) is 8.98. The van der Waals surface area contributed by atoms with Crippen molar-refractivity contribution in [3.8, 4) is 0 Å². The number of rotatable bonds is 4. The van der Waals surface area contributed by atoms with Gasteiger partial charge in [0.15, 0.2) is 5.69 Å². The first-order valence-electron chi connectivity index (χ1n) is 12.4. The van der Waals surface area contributed by atoms with Gasteiger partial charge in [-0.3, -0.25) is 14.5 Å². The lowest BCUT2D eigenvalue weighted by Gasteiger charge is -2.36. The van der Waals surface area contributed by atoms with Crippen LogP contribution in [0.1, 0.15) is 59.3 Å². The number of nitrogens with zero attached hydrogens (tertiary/aromatic N) is 5. The molecule has 2 saturated heterocycles. The van der Waals surface area contributed by atoms with Crippen LogP contribution in [0.25, 0.3) is 5.52 Å². The molecule has 2 aliphatic heterocycles. The first-order chi connectivity index (χ1) is 16.5. The van der Waals surface area contributed by atoms with Crippen molar-refractivity contribution in [1.82, 2.24) is 24.1 Å². The number of pyridine rings is 1. The molecule has 178 valence electrons. The van der Waals surface area contributed by atoms with E-state index in [0.29, 0.717) is 23.8 Å². The molecule has 0 spiro atoms. The number of carbonyl (C=O) groups is 2. The number of likely N-dealkylation sites (tertiary alicyclic amines) is 1. The Labute approximate surface area is 201 Å². The van der Waals surface area contributed by atoms with Crippen molar-refractivity contribution in [2.24, 2.45) is 0 Å². The van der Waals surface area contributed by atoms with Gasteiger partial charge >= 0.3 is 0 Å². The Morgan fingerprint density at radius 1 is 0.882 bits per heavy atom. The van der Waals surface area contributed by atoms with Gasteiger partial charge in [0, 0.05) is 63.0 Å². The van der Waals surface area contributed by atoms with E-state index in [1.165, 1.54) is 0 Å². The zero-order chi connectivity index (χ0) is 23.7. The Morgan fingerprint density at radius 2 is 1.62 bits per heavy atom. The molecule has 3 aromatic rings. The smallest absolute Gasteiger partial charge is 0.274 e. The van der Waals surface area contributed by atoms with Gasteiger partial charge in [-0.2, -0.15) is 0 Å². The molecule has 7 heteroatoms. The minimum atomic E-state index is 0.00591. The lowest BCUT2D eigenvalue weighted by Crippen LogP contribution is -2.50. The number of benzene rings is 1. The summed E-state index contributed by atoms with van der Waals surface area (Å²) in [6.07, 6.45) is 3.86. The number of fused-ring (bicyclic) bond motifs is 1. The summed E-state index contributed by atoms with van der Waals surface area (Å²) in [5, 5.41) is 0. The van der Waals surface area contributed by atoms with E-state index in [2.05, 4.69) is 23.1 Å². The number of aromatic nitrogens is 2. The molecule has 0 saturated carbocycles. The van der Waals surface area contributed by atoms with Gasteiger partial charge in [0.05, 0.1) is 5.52 Å². The Balaban J connectivity index is 1.39. The fraction of sp³-hybridized carbons (Fsp3) is 0.444. The average Bonchev–Trinajstić information content (AvgIpc) is 3.28.